The van der Waals surface area contributed by atoms with Crippen LogP contribution in [0.1, 0.15) is 18.3 Å². The maximum Gasteiger partial charge on any atom is 0.269 e. The third kappa shape index (κ3) is 2.49. The summed E-state index contributed by atoms with van der Waals surface area (Å²) in [5.74, 6) is 0. The van der Waals surface area contributed by atoms with E-state index in [0.29, 0.717) is 6.54 Å². The molecule has 2 aromatic heterocycles. The quantitative estimate of drug-likeness (QED) is 0.808. The number of rotatable bonds is 3. The Kier molecular flexibility index (Phi) is 3.87. The Labute approximate surface area is 118 Å². The lowest BCUT2D eigenvalue weighted by Crippen LogP contribution is -2.22. The van der Waals surface area contributed by atoms with Gasteiger partial charge in [-0.05, 0) is 28.4 Å². The highest BCUT2D eigenvalue weighted by Gasteiger charge is 2.10. The van der Waals surface area contributed by atoms with Crippen molar-refractivity contribution in [3.63, 3.8) is 0 Å². The molecule has 0 aliphatic carbocycles. The molecule has 2 aromatic rings. The van der Waals surface area contributed by atoms with Gasteiger partial charge < -0.3 is 0 Å². The lowest BCUT2D eigenvalue weighted by atomic mass is 10.3. The molecule has 18 heavy (non-hydrogen) atoms. The highest BCUT2D eigenvalue weighted by molar-refractivity contribution is 9.10. The van der Waals surface area contributed by atoms with Gasteiger partial charge in [0.1, 0.15) is 4.47 Å². The van der Waals surface area contributed by atoms with Crippen LogP contribution in [0, 0.1) is 0 Å². The van der Waals surface area contributed by atoms with Crippen molar-refractivity contribution >= 4 is 27.5 Å². The second-order valence-corrected chi connectivity index (χ2v) is 5.04. The van der Waals surface area contributed by atoms with E-state index in [4.69, 9.17) is 11.6 Å². The largest absolute Gasteiger partial charge is 0.292 e. The van der Waals surface area contributed by atoms with Crippen LogP contribution in [0.4, 0.5) is 0 Å². The number of hydrogen-bond donors (Lipinski definition) is 0. The van der Waals surface area contributed by atoms with Crippen molar-refractivity contribution in [2.45, 2.75) is 19.9 Å². The molecule has 0 bridgehead atoms. The zero-order valence-corrected chi connectivity index (χ0v) is 12.4. The van der Waals surface area contributed by atoms with Crippen LogP contribution in [0.5, 0.6) is 0 Å². The Morgan fingerprint density at radius 1 is 1.50 bits per heavy atom. The van der Waals surface area contributed by atoms with Gasteiger partial charge in [-0.1, -0.05) is 18.5 Å². The van der Waals surface area contributed by atoms with Gasteiger partial charge >= 0.3 is 0 Å². The van der Waals surface area contributed by atoms with Gasteiger partial charge in [0.05, 0.1) is 24.3 Å². The van der Waals surface area contributed by atoms with Crippen molar-refractivity contribution in [2.24, 2.45) is 7.05 Å². The first-order valence-corrected chi connectivity index (χ1v) is 6.62. The van der Waals surface area contributed by atoms with Crippen LogP contribution in [-0.4, -0.2) is 19.3 Å². The third-order valence-corrected chi connectivity index (χ3v) is 3.89. The average molecular weight is 332 g/mol. The average Bonchev–Trinajstić information content (AvgIpc) is 2.71. The Morgan fingerprint density at radius 2 is 2.22 bits per heavy atom. The van der Waals surface area contributed by atoms with Crippen molar-refractivity contribution in [2.75, 3.05) is 0 Å². The molecule has 2 rings (SSSR count). The summed E-state index contributed by atoms with van der Waals surface area (Å²) in [6.07, 6.45) is 2.30. The van der Waals surface area contributed by atoms with Crippen LogP contribution in [0.3, 0.4) is 0 Å². The van der Waals surface area contributed by atoms with Crippen molar-refractivity contribution in [1.82, 2.24) is 19.3 Å². The molecule has 0 aliphatic heterocycles. The molecule has 0 aromatic carbocycles. The molecule has 5 nitrogen and oxygen atoms in total. The number of aromatic nitrogens is 4. The zero-order valence-electron chi connectivity index (χ0n) is 10.0. The van der Waals surface area contributed by atoms with Crippen molar-refractivity contribution < 1.29 is 0 Å². The second-order valence-electron chi connectivity index (χ2n) is 3.89. The maximum atomic E-state index is 11.9. The molecule has 96 valence electrons. The van der Waals surface area contributed by atoms with Crippen LogP contribution in [0.25, 0.3) is 0 Å². The van der Waals surface area contributed by atoms with Crippen LogP contribution in [-0.2, 0) is 20.0 Å². The van der Waals surface area contributed by atoms with Crippen LogP contribution in [0.2, 0.25) is 5.15 Å². The Hall–Kier alpha value is -1.14. The van der Waals surface area contributed by atoms with E-state index in [1.54, 1.807) is 4.68 Å². The van der Waals surface area contributed by atoms with Crippen molar-refractivity contribution in [1.29, 1.82) is 0 Å². The molecule has 0 amide bonds. The van der Waals surface area contributed by atoms with E-state index in [1.807, 2.05) is 20.0 Å². The molecule has 0 saturated carbocycles. The van der Waals surface area contributed by atoms with E-state index in [9.17, 15) is 4.79 Å². The number of nitrogens with zero attached hydrogens (tertiary/aromatic N) is 4. The molecule has 0 N–H and O–H groups in total. The normalized spacial score (nSPS) is 10.9. The van der Waals surface area contributed by atoms with Crippen LogP contribution < -0.4 is 5.56 Å². The number of hydrogen-bond acceptors (Lipinski definition) is 3. The summed E-state index contributed by atoms with van der Waals surface area (Å²) < 4.78 is 3.55. The smallest absolute Gasteiger partial charge is 0.269 e. The van der Waals surface area contributed by atoms with E-state index in [2.05, 4.69) is 26.0 Å². The predicted molar refractivity (Wildman–Crippen MR) is 72.9 cm³/mol. The van der Waals surface area contributed by atoms with Gasteiger partial charge in [-0.2, -0.15) is 5.10 Å². The summed E-state index contributed by atoms with van der Waals surface area (Å²) in [4.78, 5) is 15.9. The predicted octanol–water partition coefficient (Wildman–Crippen LogP) is 2.00. The van der Waals surface area contributed by atoms with Crippen LogP contribution >= 0.6 is 27.5 Å². The lowest BCUT2D eigenvalue weighted by Gasteiger charge is -2.06. The van der Waals surface area contributed by atoms with Crippen molar-refractivity contribution in [3.8, 4) is 0 Å². The second kappa shape index (κ2) is 5.24. The highest BCUT2D eigenvalue weighted by Crippen LogP contribution is 2.14. The van der Waals surface area contributed by atoms with Gasteiger partial charge in [0.15, 0.2) is 5.15 Å². The molecular weight excluding hydrogens is 320 g/mol. The van der Waals surface area contributed by atoms with Gasteiger partial charge in [-0.25, -0.2) is 4.98 Å². The maximum absolute atomic E-state index is 11.9. The van der Waals surface area contributed by atoms with E-state index in [1.165, 1.54) is 10.9 Å². The van der Waals surface area contributed by atoms with Gasteiger partial charge in [0.25, 0.3) is 5.56 Å². The molecule has 0 aliphatic rings. The first kappa shape index (κ1) is 13.3. The minimum absolute atomic E-state index is 0.176. The van der Waals surface area contributed by atoms with Crippen LogP contribution in [0.15, 0.2) is 21.7 Å². The summed E-state index contributed by atoms with van der Waals surface area (Å²) in [6, 6.07) is 1.98. The number of halogens is 2. The molecule has 2 heterocycles. The van der Waals surface area contributed by atoms with E-state index in [-0.39, 0.29) is 15.2 Å². The monoisotopic (exact) mass is 330 g/mol. The Morgan fingerprint density at radius 3 is 2.83 bits per heavy atom. The SMILES string of the molecule is CCc1cc(Cn2cnc(Cl)c(Br)c2=O)n(C)n1. The Bertz CT molecular complexity index is 634. The minimum Gasteiger partial charge on any atom is -0.292 e. The Balaban J connectivity index is 2.37. The molecule has 0 fully saturated rings. The summed E-state index contributed by atoms with van der Waals surface area (Å²) in [5, 5.41) is 4.51. The fourth-order valence-electron chi connectivity index (χ4n) is 1.62. The molecular formula is C11H12BrClN4O. The van der Waals surface area contributed by atoms with Gasteiger partial charge in [0, 0.05) is 7.05 Å². The lowest BCUT2D eigenvalue weighted by molar-refractivity contribution is 0.640. The summed E-state index contributed by atoms with van der Waals surface area (Å²) in [6.45, 7) is 2.46. The molecule has 0 spiro atoms. The number of aryl methyl sites for hydroxylation is 2. The summed E-state index contributed by atoms with van der Waals surface area (Å²) >= 11 is 8.89. The van der Waals surface area contributed by atoms with E-state index in [0.717, 1.165) is 17.8 Å². The summed E-state index contributed by atoms with van der Waals surface area (Å²) in [5.41, 5.74) is 1.75. The molecule has 0 atom stereocenters. The first-order chi connectivity index (χ1) is 8.52. The van der Waals surface area contributed by atoms with Crippen molar-refractivity contribution in [3.05, 3.63) is 43.8 Å². The fraction of sp³-hybridized carbons (Fsp3) is 0.364. The van der Waals surface area contributed by atoms with E-state index >= 15 is 0 Å². The molecule has 0 radical (unpaired) electrons. The van der Waals surface area contributed by atoms with Gasteiger partial charge in [-0.3, -0.25) is 14.0 Å². The highest BCUT2D eigenvalue weighted by atomic mass is 79.9. The fourth-order valence-corrected chi connectivity index (χ4v) is 2.08. The molecule has 7 heteroatoms. The van der Waals surface area contributed by atoms with Gasteiger partial charge in [-0.15, -0.1) is 0 Å². The minimum atomic E-state index is -0.200. The van der Waals surface area contributed by atoms with E-state index < -0.39 is 0 Å². The molecule has 0 saturated heterocycles. The summed E-state index contributed by atoms with van der Waals surface area (Å²) in [7, 11) is 1.86. The first-order valence-electron chi connectivity index (χ1n) is 5.45. The molecule has 0 unspecified atom stereocenters. The zero-order chi connectivity index (χ0) is 13.3. The topological polar surface area (TPSA) is 52.7 Å². The van der Waals surface area contributed by atoms with Gasteiger partial charge in [0.2, 0.25) is 0 Å². The third-order valence-electron chi connectivity index (χ3n) is 2.66. The standard InChI is InChI=1S/C11H12BrClN4O/c1-3-7-4-8(16(2)15-7)5-17-6-14-10(13)9(12)11(17)18/h4,6H,3,5H2,1-2H3.